The van der Waals surface area contributed by atoms with Crippen molar-refractivity contribution < 1.29 is 14.0 Å². The lowest BCUT2D eigenvalue weighted by molar-refractivity contribution is -0.120. The monoisotopic (exact) mass is 291 g/mol. The maximum atomic E-state index is 11.7. The highest BCUT2D eigenvalue weighted by molar-refractivity contribution is 6.02. The Labute approximate surface area is 121 Å². The number of amides is 2. The first-order valence-electron chi connectivity index (χ1n) is 6.66. The van der Waals surface area contributed by atoms with Gasteiger partial charge in [0, 0.05) is 6.20 Å². The van der Waals surface area contributed by atoms with Crippen molar-refractivity contribution in [3.63, 3.8) is 0 Å². The van der Waals surface area contributed by atoms with Crippen LogP contribution >= 0.6 is 0 Å². The third kappa shape index (κ3) is 4.53. The molecule has 2 aromatic rings. The van der Waals surface area contributed by atoms with Crippen molar-refractivity contribution in [2.75, 3.05) is 6.54 Å². The Morgan fingerprint density at radius 2 is 2.24 bits per heavy atom. The number of nitrogens with two attached hydrogens (primary N) is 1. The topological polar surface area (TPSA) is 116 Å². The summed E-state index contributed by atoms with van der Waals surface area (Å²) >= 11 is 0. The number of unbranched alkanes of at least 4 members (excludes halogenated alkanes) is 1. The van der Waals surface area contributed by atoms with Crippen molar-refractivity contribution in [2.45, 2.75) is 25.8 Å². The molecule has 0 aromatic carbocycles. The number of carbonyl (C=O) groups excluding carboxylic acids is 2. The summed E-state index contributed by atoms with van der Waals surface area (Å²) in [6, 6.07) is 3.05. The Bertz CT molecular complexity index is 591. The Morgan fingerprint density at radius 1 is 1.38 bits per heavy atom. The molecule has 0 aliphatic carbocycles. The van der Waals surface area contributed by atoms with E-state index in [0.29, 0.717) is 6.54 Å². The number of furan rings is 1. The van der Waals surface area contributed by atoms with E-state index in [0.717, 1.165) is 25.0 Å². The summed E-state index contributed by atoms with van der Waals surface area (Å²) in [5.41, 5.74) is 6.22. The first-order chi connectivity index (χ1) is 10.2. The normalized spacial score (nSPS) is 10.5. The number of aryl methyl sites for hydroxylation is 1. The highest BCUT2D eigenvalue weighted by Crippen LogP contribution is 2.01. The van der Waals surface area contributed by atoms with E-state index in [1.807, 2.05) is 0 Å². The van der Waals surface area contributed by atoms with Gasteiger partial charge in [0.05, 0.1) is 12.0 Å². The van der Waals surface area contributed by atoms with Crippen molar-refractivity contribution in [2.24, 2.45) is 5.73 Å². The lowest BCUT2D eigenvalue weighted by atomic mass is 10.2. The second-order valence-corrected chi connectivity index (χ2v) is 4.51. The Kier molecular flexibility index (Phi) is 5.22. The van der Waals surface area contributed by atoms with Crippen molar-refractivity contribution in [3.05, 3.63) is 36.0 Å². The van der Waals surface area contributed by atoms with Crippen LogP contribution in [0.5, 0.6) is 0 Å². The largest absolute Gasteiger partial charge is 0.459 e. The molecule has 0 radical (unpaired) electrons. The Hall–Kier alpha value is -2.48. The quantitative estimate of drug-likeness (QED) is 0.699. The first-order valence-corrected chi connectivity index (χ1v) is 6.66. The van der Waals surface area contributed by atoms with Gasteiger partial charge in [-0.3, -0.25) is 14.9 Å². The fraction of sp³-hybridized carbons (Fsp3) is 0.385. The van der Waals surface area contributed by atoms with Gasteiger partial charge in [0.2, 0.25) is 5.91 Å². The molecule has 0 saturated heterocycles. The molecule has 21 heavy (non-hydrogen) atoms. The fourth-order valence-electron chi connectivity index (χ4n) is 1.76. The SMILES string of the molecule is NCCCCc1cn(CC(=O)NC(=O)c2ccco2)nn1. The molecule has 0 unspecified atom stereocenters. The number of carbonyl (C=O) groups is 2. The van der Waals surface area contributed by atoms with E-state index >= 15 is 0 Å². The molecule has 0 spiro atoms. The molecule has 2 amide bonds. The molecular weight excluding hydrogens is 274 g/mol. The minimum Gasteiger partial charge on any atom is -0.459 e. The number of aromatic nitrogens is 3. The van der Waals surface area contributed by atoms with Crippen molar-refractivity contribution >= 4 is 11.8 Å². The van der Waals surface area contributed by atoms with Crippen molar-refractivity contribution in [1.82, 2.24) is 20.3 Å². The molecule has 3 N–H and O–H groups in total. The average Bonchev–Trinajstić information content (AvgIpc) is 3.10. The smallest absolute Gasteiger partial charge is 0.293 e. The number of rotatable bonds is 7. The maximum Gasteiger partial charge on any atom is 0.293 e. The number of nitrogens with zero attached hydrogens (tertiary/aromatic N) is 3. The van der Waals surface area contributed by atoms with E-state index in [2.05, 4.69) is 15.6 Å². The zero-order valence-electron chi connectivity index (χ0n) is 11.5. The zero-order chi connectivity index (χ0) is 15.1. The second-order valence-electron chi connectivity index (χ2n) is 4.51. The number of hydrogen-bond donors (Lipinski definition) is 2. The van der Waals surface area contributed by atoms with Gasteiger partial charge < -0.3 is 10.2 Å². The molecule has 8 nitrogen and oxygen atoms in total. The number of imide groups is 1. The summed E-state index contributed by atoms with van der Waals surface area (Å²) < 4.78 is 6.29. The summed E-state index contributed by atoms with van der Waals surface area (Å²) in [7, 11) is 0. The first kappa shape index (κ1) is 14.9. The number of hydrogen-bond acceptors (Lipinski definition) is 6. The predicted molar refractivity (Wildman–Crippen MR) is 73.2 cm³/mol. The van der Waals surface area contributed by atoms with Crippen LogP contribution in [0.3, 0.4) is 0 Å². The van der Waals surface area contributed by atoms with Crippen LogP contribution < -0.4 is 11.1 Å². The van der Waals surface area contributed by atoms with Gasteiger partial charge in [-0.25, -0.2) is 4.68 Å². The molecular formula is C13H17N5O3. The van der Waals surface area contributed by atoms with E-state index in [4.69, 9.17) is 10.2 Å². The van der Waals surface area contributed by atoms with E-state index in [-0.39, 0.29) is 12.3 Å². The van der Waals surface area contributed by atoms with Gasteiger partial charge in [0.15, 0.2) is 5.76 Å². The number of nitrogens with one attached hydrogen (secondary N) is 1. The van der Waals surface area contributed by atoms with Crippen LogP contribution in [0.15, 0.2) is 29.0 Å². The molecule has 0 atom stereocenters. The van der Waals surface area contributed by atoms with Gasteiger partial charge in [-0.05, 0) is 37.9 Å². The van der Waals surface area contributed by atoms with E-state index < -0.39 is 11.8 Å². The van der Waals surface area contributed by atoms with Crippen LogP contribution in [-0.2, 0) is 17.8 Å². The molecule has 0 fully saturated rings. The van der Waals surface area contributed by atoms with Crippen molar-refractivity contribution in [1.29, 1.82) is 0 Å². The lowest BCUT2D eigenvalue weighted by Crippen LogP contribution is -2.33. The third-order valence-electron chi connectivity index (χ3n) is 2.78. The minimum absolute atomic E-state index is 0.0731. The van der Waals surface area contributed by atoms with Crippen LogP contribution in [0.4, 0.5) is 0 Å². The zero-order valence-corrected chi connectivity index (χ0v) is 11.5. The summed E-state index contributed by atoms with van der Waals surface area (Å²) in [5.74, 6) is -0.965. The van der Waals surface area contributed by atoms with Gasteiger partial charge in [-0.2, -0.15) is 0 Å². The van der Waals surface area contributed by atoms with Gasteiger partial charge in [0.25, 0.3) is 5.91 Å². The summed E-state index contributed by atoms with van der Waals surface area (Å²) in [5, 5.41) is 10.0. The molecule has 0 saturated carbocycles. The van der Waals surface area contributed by atoms with Gasteiger partial charge in [0.1, 0.15) is 6.54 Å². The molecule has 8 heteroatoms. The minimum atomic E-state index is -0.576. The second kappa shape index (κ2) is 7.34. The van der Waals surface area contributed by atoms with E-state index in [9.17, 15) is 9.59 Å². The Balaban J connectivity index is 1.81. The van der Waals surface area contributed by atoms with Crippen LogP contribution in [-0.4, -0.2) is 33.4 Å². The molecule has 0 aliphatic rings. The molecule has 2 heterocycles. The van der Waals surface area contributed by atoms with E-state index in [1.165, 1.54) is 17.0 Å². The summed E-state index contributed by atoms with van der Waals surface area (Å²) in [6.07, 6.45) is 5.67. The van der Waals surface area contributed by atoms with Crippen LogP contribution in [0, 0.1) is 0 Å². The Morgan fingerprint density at radius 3 is 2.95 bits per heavy atom. The fourth-order valence-corrected chi connectivity index (χ4v) is 1.76. The van der Waals surface area contributed by atoms with Crippen LogP contribution in [0.2, 0.25) is 0 Å². The molecule has 0 bridgehead atoms. The maximum absolute atomic E-state index is 11.7. The summed E-state index contributed by atoms with van der Waals surface area (Å²) in [4.78, 5) is 23.3. The third-order valence-corrected chi connectivity index (χ3v) is 2.78. The average molecular weight is 291 g/mol. The van der Waals surface area contributed by atoms with Gasteiger partial charge in [-0.1, -0.05) is 5.21 Å². The van der Waals surface area contributed by atoms with Crippen LogP contribution in [0.1, 0.15) is 29.1 Å². The predicted octanol–water partition coefficient (Wildman–Crippen LogP) is 0.109. The highest BCUT2D eigenvalue weighted by Gasteiger charge is 2.13. The van der Waals surface area contributed by atoms with E-state index in [1.54, 1.807) is 12.3 Å². The molecule has 0 aliphatic heterocycles. The van der Waals surface area contributed by atoms with Gasteiger partial charge in [-0.15, -0.1) is 5.10 Å². The highest BCUT2D eigenvalue weighted by atomic mass is 16.3. The lowest BCUT2D eigenvalue weighted by Gasteiger charge is -2.01. The molecule has 2 rings (SSSR count). The van der Waals surface area contributed by atoms with Crippen molar-refractivity contribution in [3.8, 4) is 0 Å². The standard InChI is InChI=1S/C13H17N5O3/c14-6-2-1-4-10-8-18(17-16-10)9-12(19)15-13(20)11-5-3-7-21-11/h3,5,7-8H,1-2,4,6,9,14H2,(H,15,19,20). The van der Waals surface area contributed by atoms with Gasteiger partial charge >= 0.3 is 0 Å². The summed E-state index contributed by atoms with van der Waals surface area (Å²) in [6.45, 7) is 0.571. The molecule has 112 valence electrons. The molecule has 2 aromatic heterocycles. The van der Waals surface area contributed by atoms with Crippen LogP contribution in [0.25, 0.3) is 0 Å².